The highest BCUT2D eigenvalue weighted by atomic mass is 79.9. The van der Waals surface area contributed by atoms with E-state index < -0.39 is 5.97 Å². The van der Waals surface area contributed by atoms with Gasteiger partial charge in [0.2, 0.25) is 0 Å². The number of hydrogen-bond acceptors (Lipinski definition) is 3. The molecule has 4 nitrogen and oxygen atoms in total. The van der Waals surface area contributed by atoms with Crippen molar-refractivity contribution in [3.8, 4) is 11.5 Å². The number of anilines is 1. The van der Waals surface area contributed by atoms with Crippen molar-refractivity contribution in [3.63, 3.8) is 0 Å². The molecular formula is C13H10BrNO3. The molecule has 0 unspecified atom stereocenters. The molecule has 0 fully saturated rings. The van der Waals surface area contributed by atoms with Gasteiger partial charge in [-0.25, -0.2) is 4.79 Å². The lowest BCUT2D eigenvalue weighted by atomic mass is 10.2. The molecule has 0 amide bonds. The zero-order chi connectivity index (χ0) is 13.1. The van der Waals surface area contributed by atoms with Crippen LogP contribution in [0.15, 0.2) is 46.9 Å². The lowest BCUT2D eigenvalue weighted by Gasteiger charge is -2.09. The van der Waals surface area contributed by atoms with Crippen molar-refractivity contribution in [3.05, 3.63) is 52.5 Å². The van der Waals surface area contributed by atoms with Crippen LogP contribution < -0.4 is 10.5 Å². The Labute approximate surface area is 112 Å². The van der Waals surface area contributed by atoms with Crippen molar-refractivity contribution in [2.75, 3.05) is 5.73 Å². The van der Waals surface area contributed by atoms with Gasteiger partial charge in [-0.3, -0.25) is 0 Å². The summed E-state index contributed by atoms with van der Waals surface area (Å²) >= 11 is 3.36. The third kappa shape index (κ3) is 2.62. The first-order valence-electron chi connectivity index (χ1n) is 5.13. The van der Waals surface area contributed by atoms with Gasteiger partial charge in [0.25, 0.3) is 0 Å². The van der Waals surface area contributed by atoms with E-state index in [-0.39, 0.29) is 11.3 Å². The summed E-state index contributed by atoms with van der Waals surface area (Å²) in [6.45, 7) is 0. The van der Waals surface area contributed by atoms with Crippen molar-refractivity contribution in [2.24, 2.45) is 0 Å². The maximum Gasteiger partial charge on any atom is 0.337 e. The third-order valence-corrected chi connectivity index (χ3v) is 2.97. The Kier molecular flexibility index (Phi) is 3.53. The van der Waals surface area contributed by atoms with Gasteiger partial charge in [0.1, 0.15) is 11.5 Å². The molecule has 18 heavy (non-hydrogen) atoms. The number of nitrogens with two attached hydrogens (primary N) is 1. The average molecular weight is 308 g/mol. The Balaban J connectivity index is 2.29. The second-order valence-electron chi connectivity index (χ2n) is 3.59. The fourth-order valence-corrected chi connectivity index (χ4v) is 1.82. The van der Waals surface area contributed by atoms with E-state index in [0.717, 1.165) is 4.47 Å². The molecule has 0 aliphatic rings. The molecule has 2 aromatic rings. The van der Waals surface area contributed by atoms with E-state index in [9.17, 15) is 4.79 Å². The van der Waals surface area contributed by atoms with Crippen molar-refractivity contribution in [1.29, 1.82) is 0 Å². The number of carboxylic acids is 1. The van der Waals surface area contributed by atoms with Crippen LogP contribution in [0.5, 0.6) is 11.5 Å². The maximum atomic E-state index is 10.8. The van der Waals surface area contributed by atoms with Gasteiger partial charge in [-0.15, -0.1) is 0 Å². The van der Waals surface area contributed by atoms with Crippen molar-refractivity contribution in [1.82, 2.24) is 0 Å². The number of aromatic carboxylic acids is 1. The van der Waals surface area contributed by atoms with Crippen molar-refractivity contribution >= 4 is 27.6 Å². The van der Waals surface area contributed by atoms with Crippen LogP contribution in [0.1, 0.15) is 10.4 Å². The van der Waals surface area contributed by atoms with Gasteiger partial charge in [0, 0.05) is 11.8 Å². The molecule has 0 atom stereocenters. The molecule has 3 N–H and O–H groups in total. The first-order valence-corrected chi connectivity index (χ1v) is 5.92. The van der Waals surface area contributed by atoms with Gasteiger partial charge < -0.3 is 15.6 Å². The Morgan fingerprint density at radius 2 is 1.94 bits per heavy atom. The summed E-state index contributed by atoms with van der Waals surface area (Å²) in [5, 5.41) is 8.86. The zero-order valence-corrected chi connectivity index (χ0v) is 10.8. The van der Waals surface area contributed by atoms with Crippen LogP contribution in [0, 0.1) is 0 Å². The van der Waals surface area contributed by atoms with Gasteiger partial charge in [-0.2, -0.15) is 0 Å². The Morgan fingerprint density at radius 1 is 1.22 bits per heavy atom. The normalized spacial score (nSPS) is 10.1. The molecule has 2 rings (SSSR count). The maximum absolute atomic E-state index is 10.8. The van der Waals surface area contributed by atoms with Crippen LogP contribution in [-0.4, -0.2) is 11.1 Å². The predicted molar refractivity (Wildman–Crippen MR) is 72.0 cm³/mol. The smallest absolute Gasteiger partial charge is 0.337 e. The number of carbonyl (C=O) groups is 1. The minimum Gasteiger partial charge on any atom is -0.478 e. The standard InChI is InChI=1S/C13H10BrNO3/c14-10-3-1-2-4-12(10)18-8-5-6-9(13(16)17)11(15)7-8/h1-7H,15H2,(H,16,17). The lowest BCUT2D eigenvalue weighted by Crippen LogP contribution is -2.02. The highest BCUT2D eigenvalue weighted by molar-refractivity contribution is 9.10. The van der Waals surface area contributed by atoms with Crippen LogP contribution in [-0.2, 0) is 0 Å². The third-order valence-electron chi connectivity index (χ3n) is 2.32. The number of hydrogen-bond donors (Lipinski definition) is 2. The quantitative estimate of drug-likeness (QED) is 0.851. The van der Waals surface area contributed by atoms with Crippen LogP contribution in [0.25, 0.3) is 0 Å². The van der Waals surface area contributed by atoms with E-state index in [1.54, 1.807) is 12.1 Å². The number of para-hydroxylation sites is 1. The van der Waals surface area contributed by atoms with Crippen molar-refractivity contribution in [2.45, 2.75) is 0 Å². The van der Waals surface area contributed by atoms with Gasteiger partial charge in [0.05, 0.1) is 10.0 Å². The summed E-state index contributed by atoms with van der Waals surface area (Å²) in [4.78, 5) is 10.8. The van der Waals surface area contributed by atoms with E-state index in [2.05, 4.69) is 15.9 Å². The second-order valence-corrected chi connectivity index (χ2v) is 4.44. The number of nitrogen functional groups attached to an aromatic ring is 1. The van der Waals surface area contributed by atoms with Crippen LogP contribution >= 0.6 is 15.9 Å². The molecule has 2 aromatic carbocycles. The van der Waals surface area contributed by atoms with Gasteiger partial charge in [0.15, 0.2) is 0 Å². The first kappa shape index (κ1) is 12.4. The second kappa shape index (κ2) is 5.10. The monoisotopic (exact) mass is 307 g/mol. The summed E-state index contributed by atoms with van der Waals surface area (Å²) in [5.41, 5.74) is 5.88. The largest absolute Gasteiger partial charge is 0.478 e. The highest BCUT2D eigenvalue weighted by Gasteiger charge is 2.09. The van der Waals surface area contributed by atoms with E-state index in [0.29, 0.717) is 11.5 Å². The molecular weight excluding hydrogens is 298 g/mol. The molecule has 92 valence electrons. The minimum atomic E-state index is -1.06. The Hall–Kier alpha value is -2.01. The summed E-state index contributed by atoms with van der Waals surface area (Å²) in [6, 6.07) is 11.8. The molecule has 5 heteroatoms. The predicted octanol–water partition coefficient (Wildman–Crippen LogP) is 3.52. The summed E-state index contributed by atoms with van der Waals surface area (Å²) < 4.78 is 6.42. The molecule has 0 saturated carbocycles. The summed E-state index contributed by atoms with van der Waals surface area (Å²) in [5.74, 6) is 0.0734. The van der Waals surface area contributed by atoms with Crippen LogP contribution in [0.2, 0.25) is 0 Å². The van der Waals surface area contributed by atoms with Gasteiger partial charge in [-0.1, -0.05) is 12.1 Å². The average Bonchev–Trinajstić information content (AvgIpc) is 2.32. The topological polar surface area (TPSA) is 72.5 Å². The number of ether oxygens (including phenoxy) is 1. The fraction of sp³-hybridized carbons (Fsp3) is 0. The SMILES string of the molecule is Nc1cc(Oc2ccccc2Br)ccc1C(=O)O. The number of rotatable bonds is 3. The number of halogens is 1. The minimum absolute atomic E-state index is 0.0643. The molecule has 0 aromatic heterocycles. The van der Waals surface area contributed by atoms with E-state index >= 15 is 0 Å². The van der Waals surface area contributed by atoms with E-state index in [1.165, 1.54) is 12.1 Å². The van der Waals surface area contributed by atoms with Gasteiger partial charge in [-0.05, 0) is 40.2 Å². The number of benzene rings is 2. The molecule has 0 bridgehead atoms. The molecule has 0 saturated heterocycles. The Bertz CT molecular complexity index is 599. The number of carboxylic acid groups (broad SMARTS) is 1. The summed E-state index contributed by atoms with van der Waals surface area (Å²) in [7, 11) is 0. The lowest BCUT2D eigenvalue weighted by molar-refractivity contribution is 0.0698. The van der Waals surface area contributed by atoms with Crippen molar-refractivity contribution < 1.29 is 14.6 Å². The fourth-order valence-electron chi connectivity index (χ4n) is 1.45. The molecule has 0 aliphatic carbocycles. The molecule has 0 aliphatic heterocycles. The van der Waals surface area contributed by atoms with Crippen LogP contribution in [0.4, 0.5) is 5.69 Å². The summed E-state index contributed by atoms with van der Waals surface area (Å²) in [6.07, 6.45) is 0. The molecule has 0 radical (unpaired) electrons. The Morgan fingerprint density at radius 3 is 2.56 bits per heavy atom. The molecule has 0 heterocycles. The first-order chi connectivity index (χ1) is 8.58. The van der Waals surface area contributed by atoms with Crippen LogP contribution in [0.3, 0.4) is 0 Å². The van der Waals surface area contributed by atoms with E-state index in [4.69, 9.17) is 15.6 Å². The molecule has 0 spiro atoms. The van der Waals surface area contributed by atoms with E-state index in [1.807, 2.05) is 18.2 Å². The van der Waals surface area contributed by atoms with Gasteiger partial charge >= 0.3 is 5.97 Å². The highest BCUT2D eigenvalue weighted by Crippen LogP contribution is 2.30. The zero-order valence-electron chi connectivity index (χ0n) is 9.26.